The molecule has 2 atom stereocenters. The molecule has 0 radical (unpaired) electrons. The van der Waals surface area contributed by atoms with Gasteiger partial charge in [-0.1, -0.05) is 26.8 Å². The average Bonchev–Trinajstić information content (AvgIpc) is 2.64. The third kappa shape index (κ3) is 5.10. The Morgan fingerprint density at radius 2 is 2.12 bits per heavy atom. The van der Waals surface area contributed by atoms with E-state index < -0.39 is 0 Å². The Morgan fingerprint density at radius 1 is 1.44 bits per heavy atom. The molecule has 0 aliphatic carbocycles. The van der Waals surface area contributed by atoms with Crippen molar-refractivity contribution in [1.29, 1.82) is 0 Å². The molecule has 0 saturated heterocycles. The van der Waals surface area contributed by atoms with Crippen molar-refractivity contribution in [2.24, 2.45) is 5.41 Å². The van der Waals surface area contributed by atoms with E-state index in [9.17, 15) is 5.11 Å². The topological polar surface area (TPSA) is 32.3 Å². The first-order chi connectivity index (χ1) is 7.38. The van der Waals surface area contributed by atoms with E-state index in [4.69, 9.17) is 0 Å². The lowest BCUT2D eigenvalue weighted by molar-refractivity contribution is 0.117. The number of nitrogens with one attached hydrogen (secondary N) is 1. The molecule has 2 unspecified atom stereocenters. The van der Waals surface area contributed by atoms with Gasteiger partial charge in [-0.25, -0.2) is 0 Å². The van der Waals surface area contributed by atoms with Crippen LogP contribution in [0.3, 0.4) is 0 Å². The van der Waals surface area contributed by atoms with Crippen LogP contribution < -0.4 is 5.32 Å². The number of aliphatic hydroxyl groups is 1. The summed E-state index contributed by atoms with van der Waals surface area (Å²) in [6.45, 7) is 9.25. The molecule has 0 amide bonds. The van der Waals surface area contributed by atoms with E-state index in [1.807, 2.05) is 0 Å². The van der Waals surface area contributed by atoms with Crippen molar-refractivity contribution in [2.45, 2.75) is 46.3 Å². The monoisotopic (exact) mass is 241 g/mol. The SMILES string of the molecule is CC(NCC(O)CC(C)(C)C)c1cccs1. The predicted molar refractivity (Wildman–Crippen MR) is 70.8 cm³/mol. The Bertz CT molecular complexity index is 289. The van der Waals surface area contributed by atoms with Gasteiger partial charge in [-0.15, -0.1) is 11.3 Å². The van der Waals surface area contributed by atoms with Gasteiger partial charge in [-0.3, -0.25) is 0 Å². The van der Waals surface area contributed by atoms with E-state index in [1.165, 1.54) is 4.88 Å². The highest BCUT2D eigenvalue weighted by Gasteiger charge is 2.17. The first kappa shape index (κ1) is 13.7. The molecule has 0 aliphatic heterocycles. The summed E-state index contributed by atoms with van der Waals surface area (Å²) in [4.78, 5) is 1.32. The van der Waals surface area contributed by atoms with Crippen molar-refractivity contribution >= 4 is 11.3 Å². The maximum atomic E-state index is 9.87. The Morgan fingerprint density at radius 3 is 2.62 bits per heavy atom. The van der Waals surface area contributed by atoms with E-state index in [-0.39, 0.29) is 11.5 Å². The third-order valence-corrected chi connectivity index (χ3v) is 3.53. The maximum Gasteiger partial charge on any atom is 0.0669 e. The summed E-state index contributed by atoms with van der Waals surface area (Å²) < 4.78 is 0. The second kappa shape index (κ2) is 5.80. The predicted octanol–water partition coefficient (Wildman–Crippen LogP) is 3.20. The number of hydrogen-bond donors (Lipinski definition) is 2. The summed E-state index contributed by atoms with van der Waals surface area (Å²) >= 11 is 1.75. The summed E-state index contributed by atoms with van der Waals surface area (Å²) in [5.41, 5.74) is 0.188. The van der Waals surface area contributed by atoms with Gasteiger partial charge in [-0.2, -0.15) is 0 Å². The van der Waals surface area contributed by atoms with Crippen LogP contribution in [0.5, 0.6) is 0 Å². The average molecular weight is 241 g/mol. The molecule has 0 aromatic carbocycles. The van der Waals surface area contributed by atoms with Crippen molar-refractivity contribution in [2.75, 3.05) is 6.54 Å². The zero-order valence-corrected chi connectivity index (χ0v) is 11.5. The highest BCUT2D eigenvalue weighted by molar-refractivity contribution is 7.10. The molecule has 0 fully saturated rings. The zero-order chi connectivity index (χ0) is 12.2. The van der Waals surface area contributed by atoms with Crippen LogP contribution in [0.4, 0.5) is 0 Å². The van der Waals surface area contributed by atoms with Gasteiger partial charge < -0.3 is 10.4 Å². The van der Waals surface area contributed by atoms with Gasteiger partial charge in [0.1, 0.15) is 0 Å². The first-order valence-electron chi connectivity index (χ1n) is 5.83. The first-order valence-corrected chi connectivity index (χ1v) is 6.71. The van der Waals surface area contributed by atoms with E-state index in [2.05, 4.69) is 50.5 Å². The lowest BCUT2D eigenvalue weighted by atomic mass is 9.89. The highest BCUT2D eigenvalue weighted by Crippen LogP contribution is 2.21. The maximum absolute atomic E-state index is 9.87. The molecule has 1 aromatic heterocycles. The smallest absolute Gasteiger partial charge is 0.0669 e. The van der Waals surface area contributed by atoms with Gasteiger partial charge >= 0.3 is 0 Å². The van der Waals surface area contributed by atoms with Gasteiger partial charge in [0, 0.05) is 17.5 Å². The molecule has 0 bridgehead atoms. The molecule has 0 spiro atoms. The van der Waals surface area contributed by atoms with E-state index >= 15 is 0 Å². The largest absolute Gasteiger partial charge is 0.392 e. The van der Waals surface area contributed by atoms with Crippen LogP contribution >= 0.6 is 11.3 Å². The number of aliphatic hydroxyl groups excluding tert-OH is 1. The minimum atomic E-state index is -0.262. The van der Waals surface area contributed by atoms with Gasteiger partial charge in [0.2, 0.25) is 0 Å². The molecule has 2 nitrogen and oxygen atoms in total. The molecule has 3 heteroatoms. The fourth-order valence-electron chi connectivity index (χ4n) is 1.73. The molecular weight excluding hydrogens is 218 g/mol. The minimum Gasteiger partial charge on any atom is -0.392 e. The minimum absolute atomic E-state index is 0.188. The van der Waals surface area contributed by atoms with Crippen molar-refractivity contribution in [3.05, 3.63) is 22.4 Å². The number of rotatable bonds is 5. The van der Waals surface area contributed by atoms with Crippen LogP contribution in [0.1, 0.15) is 45.0 Å². The molecule has 0 saturated carbocycles. The lowest BCUT2D eigenvalue weighted by Gasteiger charge is -2.23. The van der Waals surface area contributed by atoms with Crippen LogP contribution in [0.15, 0.2) is 17.5 Å². The highest BCUT2D eigenvalue weighted by atomic mass is 32.1. The molecule has 1 aromatic rings. The fourth-order valence-corrected chi connectivity index (χ4v) is 2.49. The Kier molecular flexibility index (Phi) is 4.96. The summed E-state index contributed by atoms with van der Waals surface area (Å²) in [5.74, 6) is 0. The summed E-state index contributed by atoms with van der Waals surface area (Å²) in [7, 11) is 0. The summed E-state index contributed by atoms with van der Waals surface area (Å²) in [5, 5.41) is 15.3. The van der Waals surface area contributed by atoms with Crippen molar-refractivity contribution < 1.29 is 5.11 Å². The van der Waals surface area contributed by atoms with Crippen molar-refractivity contribution in [3.8, 4) is 0 Å². The molecule has 0 aliphatic rings. The molecule has 16 heavy (non-hydrogen) atoms. The quantitative estimate of drug-likeness (QED) is 0.830. The summed E-state index contributed by atoms with van der Waals surface area (Å²) in [6.07, 6.45) is 0.569. The van der Waals surface area contributed by atoms with E-state index in [1.54, 1.807) is 11.3 Å². The van der Waals surface area contributed by atoms with Crippen LogP contribution in [0.2, 0.25) is 0 Å². The normalized spacial score (nSPS) is 16.1. The van der Waals surface area contributed by atoms with E-state index in [0.717, 1.165) is 6.42 Å². The second-order valence-corrected chi connectivity index (χ2v) is 6.54. The lowest BCUT2D eigenvalue weighted by Crippen LogP contribution is -2.31. The fraction of sp³-hybridized carbons (Fsp3) is 0.692. The zero-order valence-electron chi connectivity index (χ0n) is 10.7. The van der Waals surface area contributed by atoms with Gasteiger partial charge in [0.25, 0.3) is 0 Å². The van der Waals surface area contributed by atoms with Crippen LogP contribution in [0, 0.1) is 5.41 Å². The molecule has 2 N–H and O–H groups in total. The van der Waals surface area contributed by atoms with Gasteiger partial charge in [0.15, 0.2) is 0 Å². The Hall–Kier alpha value is -0.380. The molecule has 1 rings (SSSR count). The number of thiophene rings is 1. The van der Waals surface area contributed by atoms with Crippen LogP contribution in [-0.4, -0.2) is 17.8 Å². The van der Waals surface area contributed by atoms with Gasteiger partial charge in [0.05, 0.1) is 6.10 Å². The standard InChI is InChI=1S/C13H23NOS/c1-10(12-6-5-7-16-12)14-9-11(15)8-13(2,3)4/h5-7,10-11,14-15H,8-9H2,1-4H3. The van der Waals surface area contributed by atoms with Gasteiger partial charge in [-0.05, 0) is 30.2 Å². The van der Waals surface area contributed by atoms with Crippen LogP contribution in [0.25, 0.3) is 0 Å². The second-order valence-electron chi connectivity index (χ2n) is 5.56. The van der Waals surface area contributed by atoms with Crippen LogP contribution in [-0.2, 0) is 0 Å². The molecule has 92 valence electrons. The van der Waals surface area contributed by atoms with Crippen molar-refractivity contribution in [3.63, 3.8) is 0 Å². The Balaban J connectivity index is 2.29. The number of hydrogen-bond acceptors (Lipinski definition) is 3. The third-order valence-electron chi connectivity index (χ3n) is 2.48. The molecule has 1 heterocycles. The molecular formula is C13H23NOS. The van der Waals surface area contributed by atoms with Crippen molar-refractivity contribution in [1.82, 2.24) is 5.32 Å². The summed E-state index contributed by atoms with van der Waals surface area (Å²) in [6, 6.07) is 4.51. The van der Waals surface area contributed by atoms with E-state index in [0.29, 0.717) is 12.6 Å². The Labute approximate surface area is 103 Å².